The van der Waals surface area contributed by atoms with E-state index in [0.717, 1.165) is 32.7 Å². The fourth-order valence-corrected chi connectivity index (χ4v) is 1.05. The van der Waals surface area contributed by atoms with E-state index in [1.54, 1.807) is 0 Å². The Morgan fingerprint density at radius 1 is 1.44 bits per heavy atom. The number of hydrogen-bond donors (Lipinski definition) is 2. The zero-order valence-corrected chi connectivity index (χ0v) is 5.98. The summed E-state index contributed by atoms with van der Waals surface area (Å²) < 4.78 is 0. The lowest BCUT2D eigenvalue weighted by atomic mass is 10.4. The van der Waals surface area contributed by atoms with Gasteiger partial charge >= 0.3 is 0 Å². The molecule has 0 aromatic rings. The fourth-order valence-electron chi connectivity index (χ4n) is 1.05. The van der Waals surface area contributed by atoms with Crippen LogP contribution < -0.4 is 10.7 Å². The summed E-state index contributed by atoms with van der Waals surface area (Å²) in [7, 11) is 0. The van der Waals surface area contributed by atoms with Crippen molar-refractivity contribution in [2.45, 2.75) is 6.92 Å². The summed E-state index contributed by atoms with van der Waals surface area (Å²) in [5.41, 5.74) is 3.28. The van der Waals surface area contributed by atoms with Crippen LogP contribution in [0.3, 0.4) is 0 Å². The van der Waals surface area contributed by atoms with E-state index in [9.17, 15) is 0 Å². The Balaban J connectivity index is 2.08. The van der Waals surface area contributed by atoms with Crippen molar-refractivity contribution in [1.82, 2.24) is 15.8 Å². The molecule has 0 spiro atoms. The van der Waals surface area contributed by atoms with Crippen molar-refractivity contribution >= 4 is 0 Å². The minimum absolute atomic E-state index is 1.04. The van der Waals surface area contributed by atoms with Gasteiger partial charge in [-0.15, -0.1) is 0 Å². The molecule has 1 saturated heterocycles. The molecule has 1 heterocycles. The van der Waals surface area contributed by atoms with Gasteiger partial charge in [-0.25, -0.2) is 5.01 Å². The van der Waals surface area contributed by atoms with Gasteiger partial charge in [0.05, 0.1) is 0 Å². The predicted octanol–water partition coefficient (Wildman–Crippen LogP) is -0.584. The molecule has 0 aliphatic carbocycles. The molecule has 0 radical (unpaired) electrons. The van der Waals surface area contributed by atoms with Gasteiger partial charge in [-0.05, 0) is 0 Å². The summed E-state index contributed by atoms with van der Waals surface area (Å²) in [6.45, 7) is 7.67. The van der Waals surface area contributed by atoms with Crippen molar-refractivity contribution in [3.63, 3.8) is 0 Å². The largest absolute Gasteiger partial charge is 0.314 e. The molecule has 0 atom stereocenters. The number of rotatable bonds is 2. The third kappa shape index (κ3) is 2.30. The molecular formula is C6H15N3. The Morgan fingerprint density at radius 3 is 2.67 bits per heavy atom. The molecule has 2 N–H and O–H groups in total. The lowest BCUT2D eigenvalue weighted by Crippen LogP contribution is -2.50. The summed E-state index contributed by atoms with van der Waals surface area (Å²) in [6, 6.07) is 0. The molecule has 1 fully saturated rings. The van der Waals surface area contributed by atoms with E-state index in [0.29, 0.717) is 0 Å². The maximum absolute atomic E-state index is 3.29. The first-order chi connectivity index (χ1) is 4.43. The van der Waals surface area contributed by atoms with Gasteiger partial charge in [0.2, 0.25) is 0 Å². The number of nitrogens with zero attached hydrogens (tertiary/aromatic N) is 1. The highest BCUT2D eigenvalue weighted by atomic mass is 15.5. The van der Waals surface area contributed by atoms with Gasteiger partial charge in [-0.3, -0.25) is 5.43 Å². The van der Waals surface area contributed by atoms with Gasteiger partial charge in [-0.1, -0.05) is 6.92 Å². The molecule has 3 heteroatoms. The van der Waals surface area contributed by atoms with Crippen molar-refractivity contribution in [3.8, 4) is 0 Å². The number of nitrogens with one attached hydrogen (secondary N) is 2. The Morgan fingerprint density at radius 2 is 2.11 bits per heavy atom. The summed E-state index contributed by atoms with van der Waals surface area (Å²) in [5.74, 6) is 0. The van der Waals surface area contributed by atoms with E-state index in [4.69, 9.17) is 0 Å². The second kappa shape index (κ2) is 3.82. The summed E-state index contributed by atoms with van der Waals surface area (Å²) in [5, 5.41) is 5.55. The molecule has 0 aromatic heterocycles. The molecule has 1 aliphatic heterocycles. The van der Waals surface area contributed by atoms with Crippen LogP contribution in [0.25, 0.3) is 0 Å². The second-order valence-electron chi connectivity index (χ2n) is 2.25. The molecule has 0 amide bonds. The molecule has 3 nitrogen and oxygen atoms in total. The third-order valence-electron chi connectivity index (χ3n) is 1.50. The van der Waals surface area contributed by atoms with Crippen LogP contribution in [0, 0.1) is 0 Å². The molecule has 0 saturated carbocycles. The molecule has 0 unspecified atom stereocenters. The van der Waals surface area contributed by atoms with Gasteiger partial charge in [0.1, 0.15) is 0 Å². The number of hydrazine groups is 1. The van der Waals surface area contributed by atoms with Crippen LogP contribution in [0.5, 0.6) is 0 Å². The van der Waals surface area contributed by atoms with E-state index in [1.807, 2.05) is 0 Å². The standard InChI is InChI=1S/C6H15N3/c1-2-8-9-5-3-7-4-6-9/h7-8H,2-6H2,1H3. The molecule has 54 valence electrons. The van der Waals surface area contributed by atoms with Crippen LogP contribution in [0.1, 0.15) is 6.92 Å². The summed E-state index contributed by atoms with van der Waals surface area (Å²) >= 11 is 0. The Labute approximate surface area is 56.4 Å². The average Bonchev–Trinajstić information content (AvgIpc) is 1.91. The van der Waals surface area contributed by atoms with E-state index >= 15 is 0 Å². The van der Waals surface area contributed by atoms with Gasteiger partial charge in [0.15, 0.2) is 0 Å². The fraction of sp³-hybridized carbons (Fsp3) is 1.00. The minimum Gasteiger partial charge on any atom is -0.314 e. The van der Waals surface area contributed by atoms with Crippen molar-refractivity contribution in [1.29, 1.82) is 0 Å². The van der Waals surface area contributed by atoms with E-state index < -0.39 is 0 Å². The first-order valence-corrected chi connectivity index (χ1v) is 3.62. The summed E-state index contributed by atoms with van der Waals surface area (Å²) in [4.78, 5) is 0. The maximum Gasteiger partial charge on any atom is 0.0256 e. The van der Waals surface area contributed by atoms with Gasteiger partial charge < -0.3 is 5.32 Å². The highest BCUT2D eigenvalue weighted by Crippen LogP contribution is 1.84. The minimum atomic E-state index is 1.04. The van der Waals surface area contributed by atoms with E-state index in [1.165, 1.54) is 0 Å². The smallest absolute Gasteiger partial charge is 0.0256 e. The van der Waals surface area contributed by atoms with Crippen LogP contribution in [-0.4, -0.2) is 37.7 Å². The number of piperazine rings is 1. The highest BCUT2D eigenvalue weighted by molar-refractivity contribution is 4.62. The van der Waals surface area contributed by atoms with Crippen LogP contribution in [-0.2, 0) is 0 Å². The average molecular weight is 129 g/mol. The van der Waals surface area contributed by atoms with Gasteiger partial charge in [-0.2, -0.15) is 0 Å². The summed E-state index contributed by atoms with van der Waals surface area (Å²) in [6.07, 6.45) is 0. The molecular weight excluding hydrogens is 114 g/mol. The topological polar surface area (TPSA) is 27.3 Å². The van der Waals surface area contributed by atoms with Crippen molar-refractivity contribution in [2.75, 3.05) is 32.7 Å². The quantitative estimate of drug-likeness (QED) is 0.522. The third-order valence-corrected chi connectivity index (χ3v) is 1.50. The molecule has 9 heavy (non-hydrogen) atoms. The lowest BCUT2D eigenvalue weighted by Gasteiger charge is -2.26. The maximum atomic E-state index is 3.29. The monoisotopic (exact) mass is 129 g/mol. The van der Waals surface area contributed by atoms with E-state index in [-0.39, 0.29) is 0 Å². The zero-order chi connectivity index (χ0) is 6.53. The molecule has 1 rings (SSSR count). The zero-order valence-electron chi connectivity index (χ0n) is 5.98. The lowest BCUT2D eigenvalue weighted by molar-refractivity contribution is 0.169. The SMILES string of the molecule is CCNN1CCNCC1. The first kappa shape index (κ1) is 6.99. The van der Waals surface area contributed by atoms with Crippen molar-refractivity contribution < 1.29 is 0 Å². The van der Waals surface area contributed by atoms with E-state index in [2.05, 4.69) is 22.7 Å². The Hall–Kier alpha value is -0.120. The van der Waals surface area contributed by atoms with Crippen LogP contribution in [0.2, 0.25) is 0 Å². The highest BCUT2D eigenvalue weighted by Gasteiger charge is 2.05. The number of hydrogen-bond acceptors (Lipinski definition) is 3. The van der Waals surface area contributed by atoms with Gasteiger partial charge in [0.25, 0.3) is 0 Å². The molecule has 0 bridgehead atoms. The first-order valence-electron chi connectivity index (χ1n) is 3.62. The molecule has 0 aromatic carbocycles. The van der Waals surface area contributed by atoms with Crippen LogP contribution in [0.15, 0.2) is 0 Å². The van der Waals surface area contributed by atoms with Crippen LogP contribution >= 0.6 is 0 Å². The predicted molar refractivity (Wildman–Crippen MR) is 38.1 cm³/mol. The normalized spacial score (nSPS) is 22.3. The van der Waals surface area contributed by atoms with Crippen LogP contribution in [0.4, 0.5) is 0 Å². The van der Waals surface area contributed by atoms with Crippen molar-refractivity contribution in [3.05, 3.63) is 0 Å². The Kier molecular flexibility index (Phi) is 2.97. The van der Waals surface area contributed by atoms with Gasteiger partial charge in [0, 0.05) is 32.7 Å². The second-order valence-corrected chi connectivity index (χ2v) is 2.25. The Bertz CT molecular complexity index is 65.9. The van der Waals surface area contributed by atoms with Crippen molar-refractivity contribution in [2.24, 2.45) is 0 Å². The molecule has 1 aliphatic rings.